The third kappa shape index (κ3) is 4.11. The molecule has 3 heteroatoms. The molecule has 0 aliphatic heterocycles. The van der Waals surface area contributed by atoms with Crippen molar-refractivity contribution in [3.63, 3.8) is 0 Å². The summed E-state index contributed by atoms with van der Waals surface area (Å²) in [6.07, 6.45) is 1.99. The molecule has 0 amide bonds. The SMILES string of the molecule is CCOc1cccc(CO)c1OCC=C(C)C. The summed E-state index contributed by atoms with van der Waals surface area (Å²) in [6, 6.07) is 5.53. The molecule has 0 radical (unpaired) electrons. The van der Waals surface area contributed by atoms with Crippen LogP contribution in [0.5, 0.6) is 11.5 Å². The van der Waals surface area contributed by atoms with Crippen molar-refractivity contribution >= 4 is 0 Å². The van der Waals surface area contributed by atoms with Crippen LogP contribution in [0.3, 0.4) is 0 Å². The van der Waals surface area contributed by atoms with Gasteiger partial charge in [0, 0.05) is 5.56 Å². The molecule has 1 N–H and O–H groups in total. The number of aliphatic hydroxyl groups is 1. The highest BCUT2D eigenvalue weighted by molar-refractivity contribution is 5.46. The van der Waals surface area contributed by atoms with E-state index in [9.17, 15) is 5.11 Å². The van der Waals surface area contributed by atoms with Gasteiger partial charge in [-0.05, 0) is 32.9 Å². The van der Waals surface area contributed by atoms with Crippen LogP contribution in [0.2, 0.25) is 0 Å². The molecule has 1 aromatic rings. The van der Waals surface area contributed by atoms with Crippen LogP contribution in [-0.4, -0.2) is 18.3 Å². The average molecular weight is 236 g/mol. The molecule has 0 aliphatic rings. The third-order valence-corrected chi connectivity index (χ3v) is 2.25. The molecule has 1 aromatic carbocycles. The van der Waals surface area contributed by atoms with E-state index in [1.165, 1.54) is 5.57 Å². The van der Waals surface area contributed by atoms with E-state index in [0.717, 1.165) is 5.56 Å². The van der Waals surface area contributed by atoms with Gasteiger partial charge in [-0.15, -0.1) is 0 Å². The first-order valence-electron chi connectivity index (χ1n) is 5.80. The zero-order valence-corrected chi connectivity index (χ0v) is 10.7. The van der Waals surface area contributed by atoms with Crippen molar-refractivity contribution < 1.29 is 14.6 Å². The van der Waals surface area contributed by atoms with Crippen molar-refractivity contribution in [3.05, 3.63) is 35.4 Å². The Morgan fingerprint density at radius 2 is 2.06 bits per heavy atom. The maximum absolute atomic E-state index is 9.27. The van der Waals surface area contributed by atoms with Gasteiger partial charge < -0.3 is 14.6 Å². The minimum atomic E-state index is -0.0505. The molecule has 0 aromatic heterocycles. The quantitative estimate of drug-likeness (QED) is 0.772. The van der Waals surface area contributed by atoms with Gasteiger partial charge in [-0.25, -0.2) is 0 Å². The number of allylic oxidation sites excluding steroid dienone is 1. The highest BCUT2D eigenvalue weighted by Crippen LogP contribution is 2.31. The van der Waals surface area contributed by atoms with Crippen molar-refractivity contribution in [2.24, 2.45) is 0 Å². The molecule has 0 saturated carbocycles. The lowest BCUT2D eigenvalue weighted by atomic mass is 10.2. The average Bonchev–Trinajstić information content (AvgIpc) is 2.30. The number of para-hydroxylation sites is 1. The largest absolute Gasteiger partial charge is 0.490 e. The molecule has 0 aliphatic carbocycles. The Morgan fingerprint density at radius 3 is 2.65 bits per heavy atom. The van der Waals surface area contributed by atoms with Gasteiger partial charge in [-0.2, -0.15) is 0 Å². The molecular formula is C14H20O3. The highest BCUT2D eigenvalue weighted by Gasteiger charge is 2.09. The van der Waals surface area contributed by atoms with Crippen LogP contribution < -0.4 is 9.47 Å². The third-order valence-electron chi connectivity index (χ3n) is 2.25. The number of hydrogen-bond donors (Lipinski definition) is 1. The van der Waals surface area contributed by atoms with Crippen molar-refractivity contribution in [1.29, 1.82) is 0 Å². The van der Waals surface area contributed by atoms with Crippen molar-refractivity contribution in [2.45, 2.75) is 27.4 Å². The lowest BCUT2D eigenvalue weighted by Gasteiger charge is -2.14. The maximum atomic E-state index is 9.27. The second-order valence-electron chi connectivity index (χ2n) is 3.93. The summed E-state index contributed by atoms with van der Waals surface area (Å²) in [5, 5.41) is 9.27. The van der Waals surface area contributed by atoms with Gasteiger partial charge in [0.05, 0.1) is 13.2 Å². The van der Waals surface area contributed by atoms with Gasteiger partial charge in [0.1, 0.15) is 6.61 Å². The summed E-state index contributed by atoms with van der Waals surface area (Å²) in [5.74, 6) is 1.32. The van der Waals surface area contributed by atoms with Crippen LogP contribution in [0, 0.1) is 0 Å². The van der Waals surface area contributed by atoms with Gasteiger partial charge >= 0.3 is 0 Å². The Bertz CT molecular complexity index is 379. The lowest BCUT2D eigenvalue weighted by Crippen LogP contribution is -2.02. The molecule has 94 valence electrons. The van der Waals surface area contributed by atoms with E-state index in [4.69, 9.17) is 9.47 Å². The predicted molar refractivity (Wildman–Crippen MR) is 68.5 cm³/mol. The van der Waals surface area contributed by atoms with E-state index >= 15 is 0 Å². The molecule has 0 spiro atoms. The van der Waals surface area contributed by atoms with E-state index in [1.54, 1.807) is 0 Å². The maximum Gasteiger partial charge on any atom is 0.167 e. The summed E-state index contributed by atoms with van der Waals surface area (Å²) in [6.45, 7) is 6.97. The second kappa shape index (κ2) is 6.97. The number of rotatable bonds is 6. The number of benzene rings is 1. The van der Waals surface area contributed by atoms with Crippen LogP contribution in [-0.2, 0) is 6.61 Å². The Labute approximate surface area is 103 Å². The first-order valence-corrected chi connectivity index (χ1v) is 5.80. The fraction of sp³-hybridized carbons (Fsp3) is 0.429. The fourth-order valence-electron chi connectivity index (χ4n) is 1.41. The van der Waals surface area contributed by atoms with Gasteiger partial charge in [-0.3, -0.25) is 0 Å². The highest BCUT2D eigenvalue weighted by atomic mass is 16.5. The molecule has 0 atom stereocenters. The molecule has 0 fully saturated rings. The molecule has 17 heavy (non-hydrogen) atoms. The Morgan fingerprint density at radius 1 is 1.29 bits per heavy atom. The van der Waals surface area contributed by atoms with E-state index in [0.29, 0.717) is 24.7 Å². The lowest BCUT2D eigenvalue weighted by molar-refractivity contribution is 0.259. The zero-order valence-electron chi connectivity index (χ0n) is 10.7. The topological polar surface area (TPSA) is 38.7 Å². The Balaban J connectivity index is 2.88. The van der Waals surface area contributed by atoms with Crippen molar-refractivity contribution in [1.82, 2.24) is 0 Å². The summed E-state index contributed by atoms with van der Waals surface area (Å²) >= 11 is 0. The van der Waals surface area contributed by atoms with Gasteiger partial charge in [0.25, 0.3) is 0 Å². The monoisotopic (exact) mass is 236 g/mol. The molecule has 3 nitrogen and oxygen atoms in total. The Hall–Kier alpha value is -1.48. The minimum Gasteiger partial charge on any atom is -0.490 e. The number of ether oxygens (including phenoxy) is 2. The van der Waals surface area contributed by atoms with Gasteiger partial charge in [0.2, 0.25) is 0 Å². The predicted octanol–water partition coefficient (Wildman–Crippen LogP) is 2.92. The van der Waals surface area contributed by atoms with Crippen LogP contribution in [0.4, 0.5) is 0 Å². The Kier molecular flexibility index (Phi) is 5.57. The summed E-state index contributed by atoms with van der Waals surface area (Å²) in [4.78, 5) is 0. The van der Waals surface area contributed by atoms with Crippen LogP contribution in [0.15, 0.2) is 29.8 Å². The first kappa shape index (κ1) is 13.6. The van der Waals surface area contributed by atoms with Crippen LogP contribution in [0.25, 0.3) is 0 Å². The van der Waals surface area contributed by atoms with E-state index in [2.05, 4.69) is 0 Å². The molecule has 1 rings (SSSR count). The van der Waals surface area contributed by atoms with Gasteiger partial charge in [-0.1, -0.05) is 17.7 Å². The molecule has 0 saturated heterocycles. The zero-order chi connectivity index (χ0) is 12.7. The van der Waals surface area contributed by atoms with E-state index in [1.807, 2.05) is 45.0 Å². The van der Waals surface area contributed by atoms with Crippen molar-refractivity contribution in [3.8, 4) is 11.5 Å². The number of hydrogen-bond acceptors (Lipinski definition) is 3. The molecule has 0 bridgehead atoms. The molecule has 0 unspecified atom stereocenters. The second-order valence-corrected chi connectivity index (χ2v) is 3.93. The summed E-state index contributed by atoms with van der Waals surface area (Å²) < 4.78 is 11.1. The smallest absolute Gasteiger partial charge is 0.167 e. The van der Waals surface area contributed by atoms with E-state index < -0.39 is 0 Å². The van der Waals surface area contributed by atoms with Crippen LogP contribution in [0.1, 0.15) is 26.3 Å². The minimum absolute atomic E-state index is 0.0505. The van der Waals surface area contributed by atoms with Gasteiger partial charge in [0.15, 0.2) is 11.5 Å². The summed E-state index contributed by atoms with van der Waals surface area (Å²) in [7, 11) is 0. The van der Waals surface area contributed by atoms with Crippen LogP contribution >= 0.6 is 0 Å². The molecule has 0 heterocycles. The summed E-state index contributed by atoms with van der Waals surface area (Å²) in [5.41, 5.74) is 1.95. The fourth-order valence-corrected chi connectivity index (χ4v) is 1.41. The van der Waals surface area contributed by atoms with Crippen molar-refractivity contribution in [2.75, 3.05) is 13.2 Å². The normalized spacial score (nSPS) is 9.88. The van der Waals surface area contributed by atoms with E-state index in [-0.39, 0.29) is 6.61 Å². The first-order chi connectivity index (χ1) is 8.19. The standard InChI is InChI=1S/C14H20O3/c1-4-16-13-7-5-6-12(10-15)14(13)17-9-8-11(2)3/h5-8,15H,4,9-10H2,1-3H3. The molecular weight excluding hydrogens is 216 g/mol. The number of aliphatic hydroxyl groups excluding tert-OH is 1.